The summed E-state index contributed by atoms with van der Waals surface area (Å²) >= 11 is 0. The molecule has 2 aromatic rings. The molecule has 1 saturated carbocycles. The Morgan fingerprint density at radius 3 is 2.18 bits per heavy atom. The molecular weight excluding hydrogens is 454 g/mol. The highest BCUT2D eigenvalue weighted by Gasteiger charge is 2.29. The van der Waals surface area contributed by atoms with Crippen LogP contribution in [0.4, 0.5) is 0 Å². The van der Waals surface area contributed by atoms with Gasteiger partial charge in [-0.25, -0.2) is 13.1 Å². The SMILES string of the molecule is C[C@@H](NC(=O)C1CCC(CNS(=O)(=O)c2ccccc2)CC1)C(=O)NC[C@H](O)c1ccccc1. The van der Waals surface area contributed by atoms with E-state index in [1.54, 1.807) is 49.4 Å². The molecule has 0 aromatic heterocycles. The normalized spacial score (nSPS) is 20.2. The fourth-order valence-electron chi connectivity index (χ4n) is 4.08. The van der Waals surface area contributed by atoms with Gasteiger partial charge in [0.25, 0.3) is 0 Å². The minimum atomic E-state index is -3.54. The number of benzene rings is 2. The molecule has 4 N–H and O–H groups in total. The van der Waals surface area contributed by atoms with Gasteiger partial charge in [0.1, 0.15) is 6.04 Å². The van der Waals surface area contributed by atoms with Gasteiger partial charge in [-0.2, -0.15) is 0 Å². The number of amides is 2. The van der Waals surface area contributed by atoms with Crippen LogP contribution in [0.5, 0.6) is 0 Å². The summed E-state index contributed by atoms with van der Waals surface area (Å²) in [7, 11) is -3.54. The van der Waals surface area contributed by atoms with E-state index in [4.69, 9.17) is 0 Å². The van der Waals surface area contributed by atoms with Gasteiger partial charge < -0.3 is 15.7 Å². The molecule has 34 heavy (non-hydrogen) atoms. The van der Waals surface area contributed by atoms with Crippen LogP contribution in [-0.2, 0) is 19.6 Å². The summed E-state index contributed by atoms with van der Waals surface area (Å²) in [5.41, 5.74) is 0.710. The monoisotopic (exact) mass is 487 g/mol. The maximum atomic E-state index is 12.6. The van der Waals surface area contributed by atoms with Gasteiger partial charge in [-0.15, -0.1) is 0 Å². The number of hydrogen-bond donors (Lipinski definition) is 4. The molecule has 0 saturated heterocycles. The third-order valence-electron chi connectivity index (χ3n) is 6.24. The van der Waals surface area contributed by atoms with Crippen LogP contribution in [0, 0.1) is 11.8 Å². The lowest BCUT2D eigenvalue weighted by Gasteiger charge is -2.28. The van der Waals surface area contributed by atoms with Gasteiger partial charge in [0.2, 0.25) is 21.8 Å². The van der Waals surface area contributed by atoms with Crippen molar-refractivity contribution in [3.8, 4) is 0 Å². The van der Waals surface area contributed by atoms with E-state index in [1.807, 2.05) is 18.2 Å². The van der Waals surface area contributed by atoms with Crippen molar-refractivity contribution in [3.63, 3.8) is 0 Å². The zero-order valence-electron chi connectivity index (χ0n) is 19.3. The number of nitrogens with one attached hydrogen (secondary N) is 3. The Labute approximate surface area is 201 Å². The molecule has 0 aliphatic heterocycles. The predicted octanol–water partition coefficient (Wildman–Crippen LogP) is 2.13. The van der Waals surface area contributed by atoms with Crippen LogP contribution in [0.2, 0.25) is 0 Å². The van der Waals surface area contributed by atoms with E-state index in [0.717, 1.165) is 12.8 Å². The van der Waals surface area contributed by atoms with E-state index in [9.17, 15) is 23.1 Å². The molecule has 1 aliphatic rings. The molecule has 184 valence electrons. The van der Waals surface area contributed by atoms with Gasteiger partial charge in [-0.05, 0) is 56.2 Å². The minimum Gasteiger partial charge on any atom is -0.387 e. The standard InChI is InChI=1S/C25H33N3O5S/c1-18(24(30)26-17-23(29)20-8-4-2-5-9-20)28-25(31)21-14-12-19(13-15-21)16-27-34(32,33)22-10-6-3-7-11-22/h2-11,18-19,21,23,27,29H,12-17H2,1H3,(H,26,30)(H,28,31)/t18-,19?,21?,23+/m1/s1. The number of carbonyl (C=O) groups is 2. The first-order valence-corrected chi connectivity index (χ1v) is 13.1. The average Bonchev–Trinajstić information content (AvgIpc) is 2.87. The molecule has 2 atom stereocenters. The highest BCUT2D eigenvalue weighted by atomic mass is 32.2. The van der Waals surface area contributed by atoms with Crippen LogP contribution >= 0.6 is 0 Å². The summed E-state index contributed by atoms with van der Waals surface area (Å²) in [6.45, 7) is 2.02. The van der Waals surface area contributed by atoms with Crippen molar-refractivity contribution >= 4 is 21.8 Å². The van der Waals surface area contributed by atoms with Crippen molar-refractivity contribution in [2.24, 2.45) is 11.8 Å². The van der Waals surface area contributed by atoms with Gasteiger partial charge in [0, 0.05) is 19.0 Å². The first-order chi connectivity index (χ1) is 16.3. The summed E-state index contributed by atoms with van der Waals surface area (Å²) in [5.74, 6) is -0.559. The molecular formula is C25H33N3O5S. The molecule has 0 spiro atoms. The van der Waals surface area contributed by atoms with Gasteiger partial charge in [0.05, 0.1) is 11.0 Å². The lowest BCUT2D eigenvalue weighted by molar-refractivity contribution is -0.131. The van der Waals surface area contributed by atoms with Crippen LogP contribution < -0.4 is 15.4 Å². The number of aliphatic hydroxyl groups excluding tert-OH is 1. The Hall–Kier alpha value is -2.75. The highest BCUT2D eigenvalue weighted by molar-refractivity contribution is 7.89. The third-order valence-corrected chi connectivity index (χ3v) is 7.68. The molecule has 2 amide bonds. The molecule has 9 heteroatoms. The molecule has 8 nitrogen and oxygen atoms in total. The molecule has 1 aliphatic carbocycles. The van der Waals surface area contributed by atoms with Crippen molar-refractivity contribution < 1.29 is 23.1 Å². The maximum Gasteiger partial charge on any atom is 0.242 e. The highest BCUT2D eigenvalue weighted by Crippen LogP contribution is 2.29. The topological polar surface area (TPSA) is 125 Å². The van der Waals surface area contributed by atoms with E-state index in [-0.39, 0.29) is 35.1 Å². The summed E-state index contributed by atoms with van der Waals surface area (Å²) in [4.78, 5) is 25.2. The maximum absolute atomic E-state index is 12.6. The number of hydrogen-bond acceptors (Lipinski definition) is 5. The Kier molecular flexibility index (Phi) is 9.20. The number of aliphatic hydroxyl groups is 1. The van der Waals surface area contributed by atoms with Crippen LogP contribution in [0.25, 0.3) is 0 Å². The van der Waals surface area contributed by atoms with Crippen LogP contribution in [0.1, 0.15) is 44.3 Å². The summed E-state index contributed by atoms with van der Waals surface area (Å²) in [6, 6.07) is 16.6. The van der Waals surface area contributed by atoms with E-state index >= 15 is 0 Å². The first kappa shape index (κ1) is 25.9. The Morgan fingerprint density at radius 2 is 1.56 bits per heavy atom. The van der Waals surface area contributed by atoms with Crippen molar-refractivity contribution in [1.29, 1.82) is 0 Å². The molecule has 0 heterocycles. The predicted molar refractivity (Wildman–Crippen MR) is 129 cm³/mol. The Balaban J connectivity index is 1.38. The first-order valence-electron chi connectivity index (χ1n) is 11.6. The summed E-state index contributed by atoms with van der Waals surface area (Å²) < 4.78 is 27.4. The molecule has 2 aromatic carbocycles. The lowest BCUT2D eigenvalue weighted by atomic mass is 9.81. The van der Waals surface area contributed by atoms with Crippen molar-refractivity contribution in [3.05, 3.63) is 66.2 Å². The second-order valence-corrected chi connectivity index (χ2v) is 10.6. The van der Waals surface area contributed by atoms with Crippen LogP contribution in [0.3, 0.4) is 0 Å². The number of carbonyl (C=O) groups excluding carboxylic acids is 2. The van der Waals surface area contributed by atoms with Crippen LogP contribution in [-0.4, -0.2) is 44.5 Å². The Bertz CT molecular complexity index is 1040. The molecule has 0 bridgehead atoms. The van der Waals surface area contributed by atoms with E-state index in [2.05, 4.69) is 15.4 Å². The van der Waals surface area contributed by atoms with Gasteiger partial charge in [-0.3, -0.25) is 9.59 Å². The van der Waals surface area contributed by atoms with E-state index in [0.29, 0.717) is 24.9 Å². The van der Waals surface area contributed by atoms with Gasteiger partial charge in [0.15, 0.2) is 0 Å². The van der Waals surface area contributed by atoms with E-state index < -0.39 is 22.2 Å². The van der Waals surface area contributed by atoms with Crippen molar-refractivity contribution in [2.75, 3.05) is 13.1 Å². The summed E-state index contributed by atoms with van der Waals surface area (Å²) in [6.07, 6.45) is 1.94. The fraction of sp³-hybridized carbons (Fsp3) is 0.440. The zero-order chi connectivity index (χ0) is 24.6. The number of rotatable bonds is 10. The molecule has 3 rings (SSSR count). The second kappa shape index (κ2) is 12.1. The van der Waals surface area contributed by atoms with Gasteiger partial charge in [-0.1, -0.05) is 48.5 Å². The van der Waals surface area contributed by atoms with Gasteiger partial charge >= 0.3 is 0 Å². The Morgan fingerprint density at radius 1 is 0.971 bits per heavy atom. The molecule has 0 unspecified atom stereocenters. The zero-order valence-corrected chi connectivity index (χ0v) is 20.1. The quantitative estimate of drug-likeness (QED) is 0.409. The second-order valence-electron chi connectivity index (χ2n) is 8.78. The number of sulfonamides is 1. The van der Waals surface area contributed by atoms with Crippen LogP contribution in [0.15, 0.2) is 65.6 Å². The van der Waals surface area contributed by atoms with Crippen molar-refractivity contribution in [2.45, 2.75) is 49.6 Å². The minimum absolute atomic E-state index is 0.0626. The molecule has 1 fully saturated rings. The molecule has 0 radical (unpaired) electrons. The third kappa shape index (κ3) is 7.38. The average molecular weight is 488 g/mol. The fourth-order valence-corrected chi connectivity index (χ4v) is 5.22. The summed E-state index contributed by atoms with van der Waals surface area (Å²) in [5, 5.41) is 15.6. The largest absolute Gasteiger partial charge is 0.387 e. The van der Waals surface area contributed by atoms with Crippen molar-refractivity contribution in [1.82, 2.24) is 15.4 Å². The lowest BCUT2D eigenvalue weighted by Crippen LogP contribution is -2.48. The smallest absolute Gasteiger partial charge is 0.242 e. The van der Waals surface area contributed by atoms with E-state index in [1.165, 1.54) is 0 Å².